The van der Waals surface area contributed by atoms with Crippen molar-refractivity contribution in [1.82, 2.24) is 9.62 Å². The number of dihydropyridines is 1. The minimum Gasteiger partial charge on any atom is -0.465 e. The summed E-state index contributed by atoms with van der Waals surface area (Å²) < 4.78 is 32.3. The Balaban J connectivity index is 1.70. The van der Waals surface area contributed by atoms with E-state index in [1.54, 1.807) is 37.8 Å². The number of amides is 1. The Hall–Kier alpha value is -3.03. The van der Waals surface area contributed by atoms with Crippen molar-refractivity contribution in [2.75, 3.05) is 19.7 Å². The lowest BCUT2D eigenvalue weighted by molar-refractivity contribution is -0.154. The van der Waals surface area contributed by atoms with E-state index in [2.05, 4.69) is 9.71 Å². The number of likely N-dealkylation sites (tertiary alicyclic amines) is 1. The Morgan fingerprint density at radius 1 is 1.39 bits per heavy atom. The highest BCUT2D eigenvalue weighted by Crippen LogP contribution is 2.37. The quantitative estimate of drug-likeness (QED) is 0.652. The number of nitrogens with zero attached hydrogens (tertiary/aromatic N) is 3. The fourth-order valence-corrected chi connectivity index (χ4v) is 4.75. The van der Waals surface area contributed by atoms with Gasteiger partial charge in [-0.3, -0.25) is 19.5 Å². The second-order valence-corrected chi connectivity index (χ2v) is 9.39. The Bertz CT molecular complexity index is 1100. The first-order chi connectivity index (χ1) is 14.6. The molecule has 0 aromatic heterocycles. The number of aliphatic imine (C=N–C) groups is 1. The second-order valence-electron chi connectivity index (χ2n) is 7.70. The van der Waals surface area contributed by atoms with E-state index in [-0.39, 0.29) is 30.2 Å². The van der Waals surface area contributed by atoms with E-state index in [4.69, 9.17) is 10.00 Å². The molecule has 1 aromatic rings. The monoisotopic (exact) mass is 444 g/mol. The van der Waals surface area contributed by atoms with Crippen molar-refractivity contribution in [3.8, 4) is 6.07 Å². The summed E-state index contributed by atoms with van der Waals surface area (Å²) in [5.41, 5.74) is -0.00339. The maximum Gasteiger partial charge on any atom is 0.316 e. The first-order valence-corrected chi connectivity index (χ1v) is 11.3. The van der Waals surface area contributed by atoms with Gasteiger partial charge in [0.05, 0.1) is 23.0 Å². The molecule has 9 nitrogen and oxygen atoms in total. The van der Waals surface area contributed by atoms with Crippen LogP contribution in [-0.4, -0.2) is 56.8 Å². The number of hydrogen-bond acceptors (Lipinski definition) is 8. The fraction of sp³-hybridized carbons (Fsp3) is 0.429. The molecule has 1 N–H and O–H groups in total. The molecule has 1 fully saturated rings. The van der Waals surface area contributed by atoms with Gasteiger partial charge in [-0.25, -0.2) is 13.1 Å². The maximum atomic E-state index is 12.5. The summed E-state index contributed by atoms with van der Waals surface area (Å²) in [5, 5.41) is 9.15. The number of sulfonamides is 1. The number of allylic oxidation sites excluding steroid dienone is 1. The lowest BCUT2D eigenvalue weighted by atomic mass is 9.84. The number of ether oxygens (including phenoxy) is 1. The molecule has 164 valence electrons. The van der Waals surface area contributed by atoms with Gasteiger partial charge in [0.25, 0.3) is 10.0 Å². The van der Waals surface area contributed by atoms with E-state index >= 15 is 0 Å². The first kappa shape index (κ1) is 22.7. The van der Waals surface area contributed by atoms with Crippen molar-refractivity contribution >= 4 is 28.1 Å². The van der Waals surface area contributed by atoms with E-state index in [0.717, 1.165) is 5.56 Å². The second kappa shape index (κ2) is 8.61. The Labute approximate surface area is 181 Å². The van der Waals surface area contributed by atoms with E-state index in [1.165, 1.54) is 24.4 Å². The summed E-state index contributed by atoms with van der Waals surface area (Å²) >= 11 is 0. The van der Waals surface area contributed by atoms with Crippen molar-refractivity contribution in [2.45, 2.75) is 31.3 Å². The molecule has 0 saturated carbocycles. The molecule has 3 rings (SSSR count). The summed E-state index contributed by atoms with van der Waals surface area (Å²) in [6.45, 7) is 5.81. The van der Waals surface area contributed by atoms with Crippen molar-refractivity contribution in [3.05, 3.63) is 41.5 Å². The molecule has 31 heavy (non-hydrogen) atoms. The number of aryl methyl sites for hydroxylation is 1. The molecular weight excluding hydrogens is 420 g/mol. The molecule has 0 aliphatic carbocycles. The van der Waals surface area contributed by atoms with Crippen LogP contribution in [0.2, 0.25) is 0 Å². The van der Waals surface area contributed by atoms with Crippen LogP contribution in [-0.2, 0) is 24.3 Å². The van der Waals surface area contributed by atoms with Gasteiger partial charge in [0.2, 0.25) is 5.91 Å². The third-order valence-corrected chi connectivity index (χ3v) is 6.84. The zero-order valence-electron chi connectivity index (χ0n) is 17.5. The molecule has 0 bridgehead atoms. The normalized spacial score (nSPS) is 23.9. The molecule has 1 saturated heterocycles. The molecule has 0 spiro atoms. The maximum absolute atomic E-state index is 12.5. The van der Waals surface area contributed by atoms with Gasteiger partial charge in [-0.1, -0.05) is 12.1 Å². The van der Waals surface area contributed by atoms with Gasteiger partial charge in [-0.2, -0.15) is 5.26 Å². The summed E-state index contributed by atoms with van der Waals surface area (Å²) in [4.78, 5) is 31.3. The zero-order chi connectivity index (χ0) is 22.8. The largest absolute Gasteiger partial charge is 0.465 e. The van der Waals surface area contributed by atoms with Gasteiger partial charge < -0.3 is 4.74 Å². The highest BCUT2D eigenvalue weighted by atomic mass is 32.2. The van der Waals surface area contributed by atoms with Crippen LogP contribution in [0.1, 0.15) is 19.4 Å². The minimum absolute atomic E-state index is 0.0254. The summed E-state index contributed by atoms with van der Waals surface area (Å²) in [5.74, 6) is -2.51. The predicted octanol–water partition coefficient (Wildman–Crippen LogP) is 1.16. The van der Waals surface area contributed by atoms with Crippen LogP contribution in [0.15, 0.2) is 45.8 Å². The van der Waals surface area contributed by atoms with Crippen molar-refractivity contribution in [1.29, 1.82) is 5.26 Å². The van der Waals surface area contributed by atoms with Crippen LogP contribution < -0.4 is 4.72 Å². The number of carbonyl (C=O) groups is 2. The zero-order valence-corrected chi connectivity index (χ0v) is 18.3. The van der Waals surface area contributed by atoms with Crippen molar-refractivity contribution in [2.24, 2.45) is 16.8 Å². The van der Waals surface area contributed by atoms with Crippen LogP contribution >= 0.6 is 0 Å². The number of benzene rings is 1. The molecule has 1 aromatic carbocycles. The minimum atomic E-state index is -3.97. The SMILES string of the molecule is CCOC(=O)C1C=C(C#N)C=NC1(C)N1CC(C(=O)NS(=O)(=O)c2cccc(C)c2)C1. The van der Waals surface area contributed by atoms with Gasteiger partial charge >= 0.3 is 5.97 Å². The van der Waals surface area contributed by atoms with Gasteiger partial charge in [-0.05, 0) is 44.5 Å². The van der Waals surface area contributed by atoms with Gasteiger partial charge in [0.1, 0.15) is 17.6 Å². The smallest absolute Gasteiger partial charge is 0.316 e. The highest BCUT2D eigenvalue weighted by Gasteiger charge is 2.51. The van der Waals surface area contributed by atoms with Crippen LogP contribution in [0.4, 0.5) is 0 Å². The number of carbonyl (C=O) groups excluding carboxylic acids is 2. The lowest BCUT2D eigenvalue weighted by Gasteiger charge is -2.50. The number of esters is 1. The predicted molar refractivity (Wildman–Crippen MR) is 112 cm³/mol. The molecule has 1 amide bonds. The molecule has 2 aliphatic rings. The fourth-order valence-electron chi connectivity index (χ4n) is 3.60. The third-order valence-electron chi connectivity index (χ3n) is 5.50. The summed E-state index contributed by atoms with van der Waals surface area (Å²) in [7, 11) is -3.97. The average molecular weight is 445 g/mol. The number of nitrogens with one attached hydrogen (secondary N) is 1. The summed E-state index contributed by atoms with van der Waals surface area (Å²) in [6.07, 6.45) is 2.91. The van der Waals surface area contributed by atoms with Crippen LogP contribution in [0.3, 0.4) is 0 Å². The number of rotatable bonds is 6. The van der Waals surface area contributed by atoms with E-state index in [1.807, 2.05) is 6.07 Å². The van der Waals surface area contributed by atoms with E-state index < -0.39 is 39.4 Å². The van der Waals surface area contributed by atoms with Gasteiger partial charge in [-0.15, -0.1) is 0 Å². The van der Waals surface area contributed by atoms with Crippen LogP contribution in [0.25, 0.3) is 0 Å². The molecule has 10 heteroatoms. The topological polar surface area (TPSA) is 129 Å². The number of hydrogen-bond donors (Lipinski definition) is 1. The standard InChI is InChI=1S/C21H24N4O5S/c1-4-30-20(27)18-9-15(10-22)11-23-21(18,3)25-12-16(13-25)19(26)24-31(28,29)17-7-5-6-14(2)8-17/h5-9,11,16,18H,4,12-13H2,1-3H3,(H,24,26). The van der Waals surface area contributed by atoms with E-state index in [9.17, 15) is 18.0 Å². The third kappa shape index (κ3) is 4.52. The molecular formula is C21H24N4O5S. The van der Waals surface area contributed by atoms with Crippen molar-refractivity contribution < 1.29 is 22.7 Å². The molecule has 2 heterocycles. The Kier molecular flexibility index (Phi) is 6.29. The Morgan fingerprint density at radius 3 is 2.71 bits per heavy atom. The average Bonchev–Trinajstić information content (AvgIpc) is 2.66. The van der Waals surface area contributed by atoms with Crippen LogP contribution in [0, 0.1) is 30.1 Å². The number of nitriles is 1. The van der Waals surface area contributed by atoms with Crippen LogP contribution in [0.5, 0.6) is 0 Å². The van der Waals surface area contributed by atoms with Gasteiger partial charge in [0, 0.05) is 19.3 Å². The highest BCUT2D eigenvalue weighted by molar-refractivity contribution is 7.90. The molecule has 2 aliphatic heterocycles. The molecule has 2 atom stereocenters. The summed E-state index contributed by atoms with van der Waals surface area (Å²) in [6, 6.07) is 8.26. The van der Waals surface area contributed by atoms with E-state index in [0.29, 0.717) is 0 Å². The van der Waals surface area contributed by atoms with Gasteiger partial charge in [0.15, 0.2) is 0 Å². The molecule has 0 radical (unpaired) electrons. The Morgan fingerprint density at radius 2 is 2.10 bits per heavy atom. The lowest BCUT2D eigenvalue weighted by Crippen LogP contribution is -2.65. The van der Waals surface area contributed by atoms with Crippen molar-refractivity contribution in [3.63, 3.8) is 0 Å². The first-order valence-electron chi connectivity index (χ1n) is 9.83. The molecule has 2 unspecified atom stereocenters.